The molecule has 43 nitrogen and oxygen atoms in total. The highest BCUT2D eigenvalue weighted by molar-refractivity contribution is 7.87. The number of phenols is 3. The van der Waals surface area contributed by atoms with Crippen molar-refractivity contribution in [3.63, 3.8) is 0 Å². The molecule has 3 saturated heterocycles. The first-order valence-corrected chi connectivity index (χ1v) is 42.6. The maximum absolute atomic E-state index is 16.4. The Labute approximate surface area is 747 Å². The Kier molecular flexibility index (Phi) is 30.8. The number of rotatable bonds is 23. The van der Waals surface area contributed by atoms with Crippen molar-refractivity contribution >= 4 is 92.4 Å². The summed E-state index contributed by atoms with van der Waals surface area (Å²) in [6.45, 7) is 4.32. The van der Waals surface area contributed by atoms with E-state index in [0.29, 0.717) is 0 Å². The number of halogens is 5. The minimum Gasteiger partial charge on any atom is -0.508 e. The number of hydrogen-bond donors (Lipinski definition) is 22. The van der Waals surface area contributed by atoms with E-state index in [1.54, 1.807) is 20.8 Å². The summed E-state index contributed by atoms with van der Waals surface area (Å²) in [7, 11) is -2.86. The molecule has 3 fully saturated rings. The molecule has 130 heavy (non-hydrogen) atoms. The number of hydroxylamine groups is 1. The van der Waals surface area contributed by atoms with E-state index in [-0.39, 0.29) is 61.8 Å². The van der Waals surface area contributed by atoms with Crippen LogP contribution in [0, 0.1) is 5.92 Å². The molecule has 24 N–H and O–H groups in total. The quantitative estimate of drug-likeness (QED) is 0.0303. The van der Waals surface area contributed by atoms with Crippen molar-refractivity contribution in [2.75, 3.05) is 58.4 Å². The van der Waals surface area contributed by atoms with Gasteiger partial charge >= 0.3 is 12.4 Å². The van der Waals surface area contributed by atoms with E-state index in [1.807, 2.05) is 10.2 Å². The molecule has 8 aliphatic heterocycles. The summed E-state index contributed by atoms with van der Waals surface area (Å²) in [5, 5.41) is 134. The number of likely N-dealkylation sites (N-methyl/N-ethyl adjacent to an activating group) is 1. The summed E-state index contributed by atoms with van der Waals surface area (Å²) < 4.78 is 113. The fraction of sp³-hybridized carbons (Fsp3) is 0.444. The molecule has 14 rings (SSSR count). The molecule has 0 saturated carbocycles. The van der Waals surface area contributed by atoms with Gasteiger partial charge in [0.1, 0.15) is 101 Å². The number of fused-ring (bicyclic) bond motifs is 15. The first kappa shape index (κ1) is 97.7. The number of benzene rings is 6. The lowest BCUT2D eigenvalue weighted by molar-refractivity contribution is -0.334. The molecule has 19 atom stereocenters. The van der Waals surface area contributed by atoms with Crippen LogP contribution in [0.1, 0.15) is 105 Å². The zero-order chi connectivity index (χ0) is 94.4. The molecule has 49 heteroatoms. The Bertz CT molecular complexity index is 5370. The number of nitrogens with two attached hydrogens (primary N) is 2. The minimum absolute atomic E-state index is 0.00678. The highest BCUT2D eigenvalue weighted by Gasteiger charge is 2.53. The highest BCUT2D eigenvalue weighted by atomic mass is 35.5. The van der Waals surface area contributed by atoms with Crippen LogP contribution in [0.15, 0.2) is 103 Å². The zero-order valence-corrected chi connectivity index (χ0v) is 71.8. The summed E-state index contributed by atoms with van der Waals surface area (Å²) in [6, 6.07) is 2.18. The average molecular weight is 1890 g/mol. The van der Waals surface area contributed by atoms with Gasteiger partial charge in [0, 0.05) is 61.0 Å². The Hall–Kier alpha value is -11.3. The topological polar surface area (TPSA) is 641 Å². The molecule has 11 bridgehead atoms. The van der Waals surface area contributed by atoms with Gasteiger partial charge in [0.15, 0.2) is 23.9 Å². The lowest BCUT2D eigenvalue weighted by Crippen LogP contribution is -2.66. The van der Waals surface area contributed by atoms with Crippen LogP contribution in [0.4, 0.5) is 23.7 Å². The zero-order valence-electron chi connectivity index (χ0n) is 69.4. The summed E-state index contributed by atoms with van der Waals surface area (Å²) in [4.78, 5) is 141. The number of aliphatic hydroxyl groups excluding tert-OH is 6. The van der Waals surface area contributed by atoms with Gasteiger partial charge in [0.2, 0.25) is 53.4 Å². The van der Waals surface area contributed by atoms with Gasteiger partial charge < -0.3 is 142 Å². The summed E-state index contributed by atoms with van der Waals surface area (Å²) >= 11 is 14.4. The van der Waals surface area contributed by atoms with Crippen molar-refractivity contribution in [3.8, 4) is 62.9 Å². The lowest BCUT2D eigenvalue weighted by Gasteiger charge is -2.49. The number of carbonyl (C=O) groups is 9. The SMILES string of the molecule is CN[C@H](CC(C)C)C(=O)N[C@H]1C(=O)N[C@@H](CC(N)=O)C(=O)N[C@H]2C(=O)N[C@H]3C(=O)N[C@H](C(=O)N[C@@H](C(=O)NOCCNS(N)(=O)=O)c4cc(O)cc(O)c4-c4cc3ccc4O)[C@H](O)c3ccc(c(Cl)c3)Oc3cc2cc(c3O[C@@H]2O[C@H](CO)[C@@H](O)[C@H](O)[C@H]2O[C@H]2C[C@](C)(NCC3CN(C(=O)Nc4ccc(OC(F)(F)F)cc4)CCO3)[C@H](O)[C@H](C)O2)Oc2ccc(cc2Cl)[C@H]1O. The van der Waals surface area contributed by atoms with Gasteiger partial charge in [-0.2, -0.15) is 8.42 Å². The third kappa shape index (κ3) is 23.3. The van der Waals surface area contributed by atoms with Gasteiger partial charge in [-0.05, 0) is 140 Å². The number of nitrogens with zero attached hydrogens (tertiary/aromatic N) is 1. The predicted molar refractivity (Wildman–Crippen MR) is 444 cm³/mol. The van der Waals surface area contributed by atoms with E-state index in [2.05, 4.69) is 52.6 Å². The lowest BCUT2D eigenvalue weighted by atomic mass is 9.84. The van der Waals surface area contributed by atoms with E-state index >= 15 is 24.0 Å². The van der Waals surface area contributed by atoms with Gasteiger partial charge in [0.25, 0.3) is 16.1 Å². The Balaban J connectivity index is 0.995. The van der Waals surface area contributed by atoms with Crippen LogP contribution < -0.4 is 87.9 Å². The number of carbonyl (C=O) groups excluding carboxylic acids is 9. The second kappa shape index (κ2) is 41.0. The van der Waals surface area contributed by atoms with Crippen LogP contribution in [0.5, 0.6) is 51.7 Å². The molecule has 6 aromatic carbocycles. The van der Waals surface area contributed by atoms with Crippen molar-refractivity contribution in [2.24, 2.45) is 16.8 Å². The number of morpholine rings is 1. The molecule has 6 aromatic rings. The molecular formula is C81H95Cl2F3N14O29S. The number of hydrogen-bond acceptors (Lipinski definition) is 31. The van der Waals surface area contributed by atoms with Crippen LogP contribution in [0.3, 0.4) is 0 Å². The second-order valence-electron chi connectivity index (χ2n) is 31.9. The number of aliphatic hydroxyl groups is 6. The van der Waals surface area contributed by atoms with Crippen molar-refractivity contribution in [3.05, 3.63) is 141 Å². The molecule has 704 valence electrons. The third-order valence-electron chi connectivity index (χ3n) is 21.9. The van der Waals surface area contributed by atoms with Crippen molar-refractivity contribution in [1.29, 1.82) is 0 Å². The normalized spacial score (nSPS) is 27.0. The van der Waals surface area contributed by atoms with E-state index in [1.165, 1.54) is 37.1 Å². The first-order chi connectivity index (χ1) is 61.4. The Morgan fingerprint density at radius 3 is 2.01 bits per heavy atom. The number of nitrogens with one attached hydrogen (secondary N) is 11. The highest BCUT2D eigenvalue weighted by Crippen LogP contribution is 2.50. The first-order valence-electron chi connectivity index (χ1n) is 40.3. The fourth-order valence-electron chi connectivity index (χ4n) is 15.4. The second-order valence-corrected chi connectivity index (χ2v) is 34.1. The largest absolute Gasteiger partial charge is 0.573 e. The van der Waals surface area contributed by atoms with Gasteiger partial charge in [-0.25, -0.2) is 20.1 Å². The minimum atomic E-state index is -4.97. The van der Waals surface area contributed by atoms with Crippen molar-refractivity contribution < 1.29 is 153 Å². The summed E-state index contributed by atoms with van der Waals surface area (Å²) in [6.07, 6.45) is -25.8. The van der Waals surface area contributed by atoms with E-state index in [4.69, 9.17) is 72.1 Å². The molecule has 0 aromatic heterocycles. The van der Waals surface area contributed by atoms with Gasteiger partial charge in [-0.3, -0.25) is 43.2 Å². The van der Waals surface area contributed by atoms with Crippen LogP contribution in [-0.2, 0) is 72.4 Å². The van der Waals surface area contributed by atoms with E-state index in [0.717, 1.165) is 84.9 Å². The number of primary amides is 1. The molecule has 1 unspecified atom stereocenters. The standard InChI is InChI=1S/C81H95Cl2F3N14O29S/c1-33(2)20-47(89-5)71(111)97-62-64(106)36-7-14-51(45(82)22-36)124-53-24-38-25-54(68(53)128-78-69(67(109)66(108)55(32-101)126-78)127-57-29-80(4,70(110)34(3)123-57)90-30-42-31-100(17-19-121-42)79(118)92-39-9-11-41(12-10-39)129-81(84,85)86)125-52-15-8-37(23-46(52)83)65(107)63-76(116)96-61(77(117)99-122-18-16-91-130(88,119)120)44-26-40(102)27-50(104)58(44)43-21-35(6-13-49(43)103)59(73(113)98-63)95-74(114)60(38)94-72(112)48(28-56(87)105)93-75(62)115/h6-15,21-27,33-34,42,47-48,55,57,59-67,69-70,78,89-91,101-104,106-110H,16-20,28-32H2,1-5H3,(H2,87,105)(H,92,118)(H,93,115)(H,94,112)(H,95,114)(H,96,116)(H,97,111)(H,98,113)(H,99,117)(H2,88,119,120)/t34-,42?,47+,48-,55+,57-,59+,60+,61+,62+,63-,64+,65+,66+,67-,69+,70+,78-,80-/m0/s1. The smallest absolute Gasteiger partial charge is 0.508 e. The van der Waals surface area contributed by atoms with Crippen LogP contribution in [-0.4, -0.2) is 257 Å². The molecule has 8 heterocycles. The number of urea groups is 1. The molecule has 0 aliphatic carbocycles. The van der Waals surface area contributed by atoms with Crippen molar-refractivity contribution in [2.45, 2.75) is 169 Å². The molecule has 0 radical (unpaired) electrons. The molecule has 0 spiro atoms. The summed E-state index contributed by atoms with van der Waals surface area (Å²) in [5.74, 6) is -17.1. The number of anilines is 1. The van der Waals surface area contributed by atoms with Crippen LogP contribution in [0.2, 0.25) is 10.0 Å². The number of ether oxygens (including phenoxy) is 8. The summed E-state index contributed by atoms with van der Waals surface area (Å²) in [5.41, 5.74) is 3.27. The number of alkyl halides is 3. The van der Waals surface area contributed by atoms with E-state index in [9.17, 15) is 86.7 Å². The van der Waals surface area contributed by atoms with Gasteiger partial charge in [-0.1, -0.05) is 55.2 Å². The maximum atomic E-state index is 16.4. The average Bonchev–Trinajstić information content (AvgIpc) is 0.767. The Morgan fingerprint density at radius 2 is 1.38 bits per heavy atom. The van der Waals surface area contributed by atoms with Gasteiger partial charge in [-0.15, -0.1) is 13.2 Å². The number of phenolic OH excluding ortho intramolecular Hbond substituents is 3. The van der Waals surface area contributed by atoms with Crippen LogP contribution in [0.25, 0.3) is 11.1 Å². The Morgan fingerprint density at radius 1 is 0.746 bits per heavy atom. The number of amides is 10. The monoisotopic (exact) mass is 1890 g/mol. The third-order valence-corrected chi connectivity index (χ3v) is 23.1. The molecule has 8 aliphatic rings. The van der Waals surface area contributed by atoms with E-state index < -0.39 is 301 Å². The maximum Gasteiger partial charge on any atom is 0.573 e. The van der Waals surface area contributed by atoms with Crippen LogP contribution >= 0.6 is 23.2 Å². The predicted octanol–water partition coefficient (Wildman–Crippen LogP) is 0.325. The molecule has 10 amide bonds. The van der Waals surface area contributed by atoms with Crippen molar-refractivity contribution in [1.82, 2.24) is 57.6 Å². The fourth-order valence-corrected chi connectivity index (χ4v) is 16.2. The number of aromatic hydroxyl groups is 3. The van der Waals surface area contributed by atoms with Gasteiger partial charge in [0.05, 0.1) is 60.6 Å². The molecular weight excluding hydrogens is 1790 g/mol.